The van der Waals surface area contributed by atoms with Crippen LogP contribution in [-0.4, -0.2) is 0 Å². The van der Waals surface area contributed by atoms with Gasteiger partial charge in [-0.05, 0) is 0 Å². The van der Waals surface area contributed by atoms with Gasteiger partial charge in [-0.25, -0.2) is 0 Å². The molecule has 2 heteroatoms. The molecular formula is C16H36OTi-4. The first-order valence-electron chi connectivity index (χ1n) is 7.03. The topological polar surface area (TPSA) is 17.1 Å². The van der Waals surface area contributed by atoms with Crippen molar-refractivity contribution in [3.05, 3.63) is 27.7 Å². The molecule has 18 heavy (non-hydrogen) atoms. The van der Waals surface area contributed by atoms with Crippen molar-refractivity contribution in [3.63, 3.8) is 0 Å². The van der Waals surface area contributed by atoms with Gasteiger partial charge >= 0.3 is 23.7 Å². The van der Waals surface area contributed by atoms with Gasteiger partial charge in [0.05, 0.1) is 0 Å². The fourth-order valence-corrected chi connectivity index (χ4v) is 0. The summed E-state index contributed by atoms with van der Waals surface area (Å²) in [4.78, 5) is 0. The van der Waals surface area contributed by atoms with Gasteiger partial charge in [0.1, 0.15) is 0 Å². The van der Waals surface area contributed by atoms with Crippen LogP contribution in [0, 0.1) is 27.7 Å². The molecule has 0 amide bonds. The molecule has 0 aliphatic rings. The fourth-order valence-electron chi connectivity index (χ4n) is 0. The molecule has 0 aromatic carbocycles. The molecule has 0 rings (SSSR count). The average molecular weight is 292 g/mol. The second-order valence-electron chi connectivity index (χ2n) is 3.41. The molecule has 0 radical (unpaired) electrons. The van der Waals surface area contributed by atoms with E-state index in [2.05, 4.69) is 55.4 Å². The molecular weight excluding hydrogens is 256 g/mol. The van der Waals surface area contributed by atoms with E-state index in [1.54, 1.807) is 0 Å². The maximum absolute atomic E-state index is 8.25. The summed E-state index contributed by atoms with van der Waals surface area (Å²) in [6.45, 7) is 22.9. The molecule has 0 bridgehead atoms. The Hall–Kier alpha value is 0.514. The SMILES string of the molecule is [CH2-]CCC.[CH2-]CCC.[CH2-]CCC.[CH2-]CCC.[O]=[Ti]. The van der Waals surface area contributed by atoms with E-state index in [4.69, 9.17) is 3.32 Å². The van der Waals surface area contributed by atoms with Crippen molar-refractivity contribution in [1.82, 2.24) is 0 Å². The first-order valence-corrected chi connectivity index (χ1v) is 7.67. The molecule has 0 fully saturated rings. The van der Waals surface area contributed by atoms with Crippen molar-refractivity contribution in [2.75, 3.05) is 0 Å². The number of rotatable bonds is 4. The zero-order valence-corrected chi connectivity index (χ0v) is 15.0. The van der Waals surface area contributed by atoms with Gasteiger partial charge in [-0.2, -0.15) is 25.7 Å². The van der Waals surface area contributed by atoms with Crippen molar-refractivity contribution in [2.24, 2.45) is 0 Å². The van der Waals surface area contributed by atoms with Gasteiger partial charge in [0.15, 0.2) is 0 Å². The van der Waals surface area contributed by atoms with Crippen LogP contribution in [0.2, 0.25) is 0 Å². The Morgan fingerprint density at radius 1 is 0.556 bits per heavy atom. The van der Waals surface area contributed by atoms with Gasteiger partial charge in [0, 0.05) is 0 Å². The molecule has 1 nitrogen and oxygen atoms in total. The van der Waals surface area contributed by atoms with Gasteiger partial charge < -0.3 is 27.7 Å². The van der Waals surface area contributed by atoms with E-state index in [1.165, 1.54) is 25.7 Å². The van der Waals surface area contributed by atoms with Gasteiger partial charge in [0.2, 0.25) is 0 Å². The number of hydrogen-bond acceptors (Lipinski definition) is 1. The zero-order valence-electron chi connectivity index (χ0n) is 13.4. The van der Waals surface area contributed by atoms with Crippen LogP contribution in [-0.2, 0) is 23.7 Å². The van der Waals surface area contributed by atoms with E-state index in [0.29, 0.717) is 0 Å². The summed E-state index contributed by atoms with van der Waals surface area (Å²) in [7, 11) is 0. The molecule has 0 N–H and O–H groups in total. The van der Waals surface area contributed by atoms with E-state index in [0.717, 1.165) is 46.1 Å². The van der Waals surface area contributed by atoms with Crippen molar-refractivity contribution < 1.29 is 23.7 Å². The predicted molar refractivity (Wildman–Crippen MR) is 81.7 cm³/mol. The Balaban J connectivity index is -0.0000000399. The van der Waals surface area contributed by atoms with Crippen LogP contribution >= 0.6 is 0 Å². The van der Waals surface area contributed by atoms with Gasteiger partial charge in [-0.15, -0.1) is 0 Å². The van der Waals surface area contributed by atoms with Crippen LogP contribution in [0.3, 0.4) is 0 Å². The molecule has 0 aromatic rings. The molecule has 0 aromatic heterocycles. The minimum absolute atomic E-state index is 0.750. The van der Waals surface area contributed by atoms with Crippen LogP contribution in [0.25, 0.3) is 0 Å². The molecule has 0 saturated carbocycles. The normalized spacial score (nSPS) is 6.83. The van der Waals surface area contributed by atoms with Crippen molar-refractivity contribution in [1.29, 1.82) is 0 Å². The van der Waals surface area contributed by atoms with E-state index < -0.39 is 0 Å². The Morgan fingerprint density at radius 2 is 0.611 bits per heavy atom. The molecule has 0 atom stereocenters. The standard InChI is InChI=1S/4C4H9.O.Ti/c4*1-3-4-2;;/h4*1,3-4H2,2H3;;/q4*-1;;. The summed E-state index contributed by atoms with van der Waals surface area (Å²) < 4.78 is 8.25. The summed E-state index contributed by atoms with van der Waals surface area (Å²) in [5, 5.41) is 0. The molecule has 114 valence electrons. The van der Waals surface area contributed by atoms with E-state index in [9.17, 15) is 0 Å². The Morgan fingerprint density at radius 3 is 0.611 bits per heavy atom. The molecule has 0 spiro atoms. The van der Waals surface area contributed by atoms with E-state index >= 15 is 0 Å². The van der Waals surface area contributed by atoms with Crippen LogP contribution in [0.15, 0.2) is 0 Å². The minimum atomic E-state index is 0.750. The van der Waals surface area contributed by atoms with Crippen LogP contribution < -0.4 is 0 Å². The monoisotopic (exact) mass is 292 g/mol. The van der Waals surface area contributed by atoms with Gasteiger partial charge in [-0.3, -0.25) is 0 Å². The van der Waals surface area contributed by atoms with Crippen LogP contribution in [0.5, 0.6) is 0 Å². The number of hydrogen-bond donors (Lipinski definition) is 0. The molecule has 0 aliphatic heterocycles. The maximum atomic E-state index is 8.25. The third kappa shape index (κ3) is 195. The Kier molecular flexibility index (Phi) is 114. The van der Waals surface area contributed by atoms with Crippen LogP contribution in [0.4, 0.5) is 0 Å². The zero-order chi connectivity index (χ0) is 15.7. The second-order valence-corrected chi connectivity index (χ2v) is 3.41. The third-order valence-corrected chi connectivity index (χ3v) is 1.41. The van der Waals surface area contributed by atoms with Crippen LogP contribution in [0.1, 0.15) is 79.1 Å². The van der Waals surface area contributed by atoms with Crippen molar-refractivity contribution in [3.8, 4) is 0 Å². The second kappa shape index (κ2) is 65.9. The summed E-state index contributed by atoms with van der Waals surface area (Å²) in [5.41, 5.74) is 0. The van der Waals surface area contributed by atoms with E-state index in [1.807, 2.05) is 0 Å². The summed E-state index contributed by atoms with van der Waals surface area (Å²) in [5.74, 6) is 0. The summed E-state index contributed by atoms with van der Waals surface area (Å²) >= 11 is 0.750. The summed E-state index contributed by atoms with van der Waals surface area (Å²) in [6, 6.07) is 0. The third-order valence-electron chi connectivity index (χ3n) is 1.41. The number of unbranched alkanes of at least 4 members (excludes halogenated alkanes) is 4. The first kappa shape index (κ1) is 31.1. The quantitative estimate of drug-likeness (QED) is 0.435. The molecule has 0 heterocycles. The Bertz CT molecular complexity index is 44.1. The van der Waals surface area contributed by atoms with Gasteiger partial charge in [0.25, 0.3) is 0 Å². The Labute approximate surface area is 130 Å². The average Bonchev–Trinajstić information content (AvgIpc) is 2.49. The first-order chi connectivity index (χ1) is 8.66. The van der Waals surface area contributed by atoms with Crippen molar-refractivity contribution >= 4 is 0 Å². The molecule has 0 unspecified atom stereocenters. The molecule has 0 saturated heterocycles. The predicted octanol–water partition coefficient (Wildman–Crippen LogP) is 6.36. The fraction of sp³-hybridized carbons (Fsp3) is 0.750. The van der Waals surface area contributed by atoms with E-state index in [-0.39, 0.29) is 0 Å². The van der Waals surface area contributed by atoms with Crippen molar-refractivity contribution in [2.45, 2.75) is 79.1 Å². The van der Waals surface area contributed by atoms with Gasteiger partial charge in [-0.1, -0.05) is 53.4 Å². The molecule has 0 aliphatic carbocycles. The summed E-state index contributed by atoms with van der Waals surface area (Å²) in [6.07, 6.45) is 9.11.